The second kappa shape index (κ2) is 2.47. The summed E-state index contributed by atoms with van der Waals surface area (Å²) < 4.78 is 51.6. The van der Waals surface area contributed by atoms with Crippen molar-refractivity contribution in [2.45, 2.75) is 64.4 Å². The van der Waals surface area contributed by atoms with Gasteiger partial charge in [0.25, 0.3) is 0 Å². The minimum atomic E-state index is -2.61. The van der Waals surface area contributed by atoms with E-state index in [1.165, 1.54) is 0 Å². The van der Waals surface area contributed by atoms with Gasteiger partial charge in [0.1, 0.15) is 0 Å². The summed E-state index contributed by atoms with van der Waals surface area (Å²) in [5, 5.41) is 0. The molecular weight excluding hydrogens is 148 g/mol. The monoisotopic (exact) mass is 174 g/mol. The molecule has 1 saturated carbocycles. The van der Waals surface area contributed by atoms with E-state index in [0.717, 1.165) is 19.3 Å². The van der Waals surface area contributed by atoms with Gasteiger partial charge >= 0.3 is 0 Å². The Bertz CT molecular complexity index is 311. The Labute approximate surface area is 83.9 Å². The van der Waals surface area contributed by atoms with Crippen molar-refractivity contribution in [3.8, 4) is 0 Å². The zero-order chi connectivity index (χ0) is 13.8. The van der Waals surface area contributed by atoms with E-state index < -0.39 is 24.7 Å². The highest BCUT2D eigenvalue weighted by molar-refractivity contribution is 5.07. The van der Waals surface area contributed by atoms with E-state index in [9.17, 15) is 0 Å². The Morgan fingerprint density at radius 1 is 1.25 bits per heavy atom. The molecule has 2 fully saturated rings. The van der Waals surface area contributed by atoms with Crippen molar-refractivity contribution in [1.29, 1.82) is 0 Å². The van der Waals surface area contributed by atoms with Crippen molar-refractivity contribution in [3.63, 3.8) is 0 Å². The van der Waals surface area contributed by atoms with Crippen LogP contribution in [0.15, 0.2) is 0 Å². The van der Waals surface area contributed by atoms with Crippen LogP contribution in [0.4, 0.5) is 0 Å². The molecule has 1 aliphatic carbocycles. The van der Waals surface area contributed by atoms with E-state index in [-0.39, 0.29) is 6.10 Å². The van der Waals surface area contributed by atoms with Gasteiger partial charge in [-0.15, -0.1) is 0 Å². The third-order valence-corrected chi connectivity index (χ3v) is 3.58. The lowest BCUT2D eigenvalue weighted by Crippen LogP contribution is -2.65. The first kappa shape index (κ1) is 4.00. The summed E-state index contributed by atoms with van der Waals surface area (Å²) in [4.78, 5) is 0. The molecule has 1 spiro atoms. The Hall–Kier alpha value is -0.0400. The molecule has 0 aromatic heterocycles. The van der Waals surface area contributed by atoms with Gasteiger partial charge < -0.3 is 4.74 Å². The molecule has 12 heavy (non-hydrogen) atoms. The normalized spacial score (nSPS) is 47.2. The second-order valence-corrected chi connectivity index (χ2v) is 4.16. The molecule has 1 saturated heterocycles. The van der Waals surface area contributed by atoms with Crippen molar-refractivity contribution in [3.05, 3.63) is 0 Å². The predicted octanol–water partition coefficient (Wildman–Crippen LogP) is 3.13. The average molecular weight is 174 g/mol. The molecule has 0 radical (unpaired) electrons. The van der Waals surface area contributed by atoms with E-state index in [1.54, 1.807) is 6.92 Å². The Balaban J connectivity index is 2.49. The summed E-state index contributed by atoms with van der Waals surface area (Å²) in [5.74, 6) is 0. The molecule has 1 unspecified atom stereocenters. The zero-order valence-corrected chi connectivity index (χ0v) is 7.52. The quantitative estimate of drug-likeness (QED) is 0.548. The summed E-state index contributed by atoms with van der Waals surface area (Å²) in [6.07, 6.45) is 3.84. The number of hydrogen-bond acceptors (Lipinski definition) is 1. The maximum atomic E-state index is 7.69. The predicted molar refractivity (Wildman–Crippen MR) is 50.1 cm³/mol. The first-order valence-corrected chi connectivity index (χ1v) is 4.76. The summed E-state index contributed by atoms with van der Waals surface area (Å²) in [6.45, 7) is -3.41. The van der Waals surface area contributed by atoms with Crippen molar-refractivity contribution in [1.82, 2.24) is 0 Å². The van der Waals surface area contributed by atoms with Gasteiger partial charge in [-0.2, -0.15) is 0 Å². The smallest absolute Gasteiger partial charge is 0.0711 e. The number of ether oxygens (including phenoxy) is 1. The molecule has 2 rings (SSSR count). The minimum Gasteiger partial charge on any atom is -0.371 e. The van der Waals surface area contributed by atoms with Crippen LogP contribution in [0.2, 0.25) is 0 Å². The lowest BCUT2D eigenvalue weighted by atomic mass is 9.57. The molecule has 0 N–H and O–H groups in total. The minimum absolute atomic E-state index is 0.279. The van der Waals surface area contributed by atoms with Gasteiger partial charge in [-0.25, -0.2) is 0 Å². The molecule has 1 atom stereocenters. The first-order chi connectivity index (χ1) is 8.08. The van der Waals surface area contributed by atoms with Gasteiger partial charge in [0, 0.05) is 13.6 Å². The molecule has 0 bridgehead atoms. The molecule has 1 aliphatic heterocycles. The lowest BCUT2D eigenvalue weighted by Gasteiger charge is -2.62. The van der Waals surface area contributed by atoms with Crippen LogP contribution in [0, 0.1) is 5.41 Å². The van der Waals surface area contributed by atoms with E-state index in [2.05, 4.69) is 0 Å². The second-order valence-electron chi connectivity index (χ2n) is 4.16. The van der Waals surface area contributed by atoms with E-state index in [4.69, 9.17) is 13.0 Å². The van der Waals surface area contributed by atoms with Crippen LogP contribution in [0.25, 0.3) is 0 Å². The summed E-state index contributed by atoms with van der Waals surface area (Å²) in [7, 11) is 0. The third-order valence-electron chi connectivity index (χ3n) is 3.58. The van der Waals surface area contributed by atoms with Crippen LogP contribution in [-0.4, -0.2) is 11.7 Å². The Morgan fingerprint density at radius 2 is 1.92 bits per heavy atom. The molecule has 1 nitrogen and oxygen atoms in total. The highest BCUT2D eigenvalue weighted by atomic mass is 16.5. The summed E-state index contributed by atoms with van der Waals surface area (Å²) in [5.41, 5.74) is -2.67. The standard InChI is InChI=1S/C11H20O/c1-9-11(10(2,3)12-9)7-5-4-6-8-11/h9H,4-8H2,1-3H3/i2D3,3D3. The molecule has 0 amide bonds. The fraction of sp³-hybridized carbons (Fsp3) is 1.00. The largest absolute Gasteiger partial charge is 0.371 e. The average Bonchev–Trinajstić information content (AvgIpc) is 2.23. The van der Waals surface area contributed by atoms with Gasteiger partial charge in [-0.3, -0.25) is 0 Å². The molecule has 70 valence electrons. The van der Waals surface area contributed by atoms with Crippen LogP contribution in [0.1, 0.15) is 61.0 Å². The van der Waals surface area contributed by atoms with Crippen LogP contribution >= 0.6 is 0 Å². The van der Waals surface area contributed by atoms with Gasteiger partial charge in [0.2, 0.25) is 0 Å². The molecular formula is C11H20O. The highest BCUT2D eigenvalue weighted by Crippen LogP contribution is 2.57. The molecule has 2 aliphatic rings. The van der Waals surface area contributed by atoms with Crippen LogP contribution in [0.3, 0.4) is 0 Å². The van der Waals surface area contributed by atoms with Crippen LogP contribution in [-0.2, 0) is 4.74 Å². The zero-order valence-electron chi connectivity index (χ0n) is 13.5. The van der Waals surface area contributed by atoms with Crippen molar-refractivity contribution in [2.75, 3.05) is 0 Å². The van der Waals surface area contributed by atoms with E-state index >= 15 is 0 Å². The maximum absolute atomic E-state index is 7.69. The molecule has 1 heterocycles. The van der Waals surface area contributed by atoms with Gasteiger partial charge in [0.15, 0.2) is 0 Å². The topological polar surface area (TPSA) is 9.23 Å². The number of rotatable bonds is 0. The SMILES string of the molecule is [2H]C([2H])([2H])C1(C([2H])([2H])[2H])OC(C)C12CCCCC2. The van der Waals surface area contributed by atoms with Gasteiger partial charge in [-0.1, -0.05) is 19.3 Å². The van der Waals surface area contributed by atoms with Crippen molar-refractivity contribution < 1.29 is 13.0 Å². The molecule has 1 heteroatoms. The Morgan fingerprint density at radius 3 is 2.42 bits per heavy atom. The number of hydrogen-bond donors (Lipinski definition) is 0. The van der Waals surface area contributed by atoms with Crippen molar-refractivity contribution in [2.24, 2.45) is 5.41 Å². The van der Waals surface area contributed by atoms with Crippen LogP contribution < -0.4 is 0 Å². The van der Waals surface area contributed by atoms with Gasteiger partial charge in [0.05, 0.1) is 11.7 Å². The molecule has 0 aromatic carbocycles. The third kappa shape index (κ3) is 0.891. The van der Waals surface area contributed by atoms with Crippen LogP contribution in [0.5, 0.6) is 0 Å². The van der Waals surface area contributed by atoms with E-state index in [1.807, 2.05) is 0 Å². The fourth-order valence-electron chi connectivity index (χ4n) is 2.66. The first-order valence-electron chi connectivity index (χ1n) is 7.76. The fourth-order valence-corrected chi connectivity index (χ4v) is 2.66. The highest BCUT2D eigenvalue weighted by Gasteiger charge is 2.59. The van der Waals surface area contributed by atoms with Crippen molar-refractivity contribution >= 4 is 0 Å². The van der Waals surface area contributed by atoms with E-state index in [0.29, 0.717) is 12.8 Å². The lowest BCUT2D eigenvalue weighted by molar-refractivity contribution is -0.308. The summed E-state index contributed by atoms with van der Waals surface area (Å²) >= 11 is 0. The Kier molecular flexibility index (Phi) is 0.824. The summed E-state index contributed by atoms with van der Waals surface area (Å²) in [6, 6.07) is 0. The maximum Gasteiger partial charge on any atom is 0.0711 e. The van der Waals surface area contributed by atoms with Gasteiger partial charge in [-0.05, 0) is 33.5 Å². The molecule has 0 aromatic rings.